The highest BCUT2D eigenvalue weighted by Crippen LogP contribution is 2.24. The number of carbonyl (C=O) groups is 2. The Morgan fingerprint density at radius 2 is 1.90 bits per heavy atom. The molecule has 3 aromatic rings. The molecule has 6 N–H and O–H groups in total. The number of amides is 2. The smallest absolute Gasteiger partial charge is 0.272 e. The molecule has 0 spiro atoms. The standard InChI is InChI=1S/C19H19N7O2S/c1-11-9-15(24-19(21)23-11)25-26-17(28)14-3-2-8-22-18(14)29-10-12-4-6-13(7-5-12)16(20)27/h2-9H,10H2,1H3,(H2,20,27)(H,26,28)(H3,21,23,24,25). The van der Waals surface area contributed by atoms with Crippen molar-refractivity contribution in [2.75, 3.05) is 11.2 Å². The Kier molecular flexibility index (Phi) is 6.25. The van der Waals surface area contributed by atoms with Gasteiger partial charge in [0.15, 0.2) is 0 Å². The zero-order valence-electron chi connectivity index (χ0n) is 15.5. The van der Waals surface area contributed by atoms with E-state index in [9.17, 15) is 9.59 Å². The Hall–Kier alpha value is -3.66. The van der Waals surface area contributed by atoms with E-state index in [2.05, 4.69) is 25.8 Å². The largest absolute Gasteiger partial charge is 0.368 e. The van der Waals surface area contributed by atoms with E-state index in [-0.39, 0.29) is 11.9 Å². The third-order valence-corrected chi connectivity index (χ3v) is 4.88. The van der Waals surface area contributed by atoms with Gasteiger partial charge in [0.2, 0.25) is 11.9 Å². The van der Waals surface area contributed by atoms with Crippen molar-refractivity contribution in [3.63, 3.8) is 0 Å². The van der Waals surface area contributed by atoms with E-state index in [1.165, 1.54) is 11.8 Å². The number of nitrogens with zero attached hydrogens (tertiary/aromatic N) is 3. The highest BCUT2D eigenvalue weighted by molar-refractivity contribution is 7.98. The summed E-state index contributed by atoms with van der Waals surface area (Å²) in [4.78, 5) is 36.0. The lowest BCUT2D eigenvalue weighted by atomic mass is 10.1. The third kappa shape index (κ3) is 5.42. The molecular formula is C19H19N7O2S. The highest BCUT2D eigenvalue weighted by Gasteiger charge is 2.13. The lowest BCUT2D eigenvalue weighted by Gasteiger charge is -2.11. The highest BCUT2D eigenvalue weighted by atomic mass is 32.2. The number of nitrogens with one attached hydrogen (secondary N) is 2. The Morgan fingerprint density at radius 1 is 1.14 bits per heavy atom. The number of primary amides is 1. The van der Waals surface area contributed by atoms with Crippen molar-refractivity contribution in [1.29, 1.82) is 0 Å². The van der Waals surface area contributed by atoms with Crippen LogP contribution in [0.15, 0.2) is 53.7 Å². The summed E-state index contributed by atoms with van der Waals surface area (Å²) < 4.78 is 0. The van der Waals surface area contributed by atoms with Crippen molar-refractivity contribution in [3.05, 3.63) is 71.0 Å². The van der Waals surface area contributed by atoms with Crippen LogP contribution in [0.3, 0.4) is 0 Å². The Bertz CT molecular complexity index is 1020. The normalized spacial score (nSPS) is 10.4. The molecule has 2 amide bonds. The molecule has 3 rings (SSSR count). The van der Waals surface area contributed by atoms with Crippen molar-refractivity contribution in [1.82, 2.24) is 20.4 Å². The first-order valence-corrected chi connectivity index (χ1v) is 9.55. The van der Waals surface area contributed by atoms with E-state index in [0.29, 0.717) is 33.4 Å². The van der Waals surface area contributed by atoms with Crippen LogP contribution in [0, 0.1) is 6.92 Å². The van der Waals surface area contributed by atoms with Gasteiger partial charge in [0, 0.05) is 29.3 Å². The molecule has 29 heavy (non-hydrogen) atoms. The number of aromatic nitrogens is 3. The van der Waals surface area contributed by atoms with Crippen LogP contribution in [0.2, 0.25) is 0 Å². The Labute approximate surface area is 171 Å². The van der Waals surface area contributed by atoms with Gasteiger partial charge < -0.3 is 11.5 Å². The van der Waals surface area contributed by atoms with E-state index in [1.807, 2.05) is 12.1 Å². The van der Waals surface area contributed by atoms with Gasteiger partial charge in [0.1, 0.15) is 10.8 Å². The van der Waals surface area contributed by atoms with Crippen molar-refractivity contribution in [2.24, 2.45) is 5.73 Å². The summed E-state index contributed by atoms with van der Waals surface area (Å²) in [6.45, 7) is 1.77. The van der Waals surface area contributed by atoms with Crippen LogP contribution in [0.25, 0.3) is 0 Å². The fourth-order valence-electron chi connectivity index (χ4n) is 2.44. The second kappa shape index (κ2) is 9.02. The van der Waals surface area contributed by atoms with Gasteiger partial charge in [-0.25, -0.2) is 9.97 Å². The zero-order chi connectivity index (χ0) is 20.8. The number of benzene rings is 1. The van der Waals surface area contributed by atoms with E-state index in [0.717, 1.165) is 5.56 Å². The Morgan fingerprint density at radius 3 is 2.59 bits per heavy atom. The molecule has 0 fully saturated rings. The van der Waals surface area contributed by atoms with Gasteiger partial charge in [-0.15, -0.1) is 11.8 Å². The van der Waals surface area contributed by atoms with E-state index in [1.54, 1.807) is 43.5 Å². The Balaban J connectivity index is 1.66. The van der Waals surface area contributed by atoms with Crippen molar-refractivity contribution in [3.8, 4) is 0 Å². The number of nitrogens with two attached hydrogens (primary N) is 2. The van der Waals surface area contributed by atoms with Crippen LogP contribution < -0.4 is 22.3 Å². The average molecular weight is 409 g/mol. The first kappa shape index (κ1) is 20.1. The van der Waals surface area contributed by atoms with Gasteiger partial charge in [-0.1, -0.05) is 12.1 Å². The second-order valence-corrected chi connectivity index (χ2v) is 7.00. The van der Waals surface area contributed by atoms with Gasteiger partial charge in [0.25, 0.3) is 5.91 Å². The number of aryl methyl sites for hydroxylation is 1. The second-order valence-electron chi connectivity index (χ2n) is 6.04. The van der Waals surface area contributed by atoms with Crippen molar-refractivity contribution < 1.29 is 9.59 Å². The van der Waals surface area contributed by atoms with Crippen molar-refractivity contribution >= 4 is 35.3 Å². The zero-order valence-corrected chi connectivity index (χ0v) is 16.4. The molecule has 148 valence electrons. The van der Waals surface area contributed by atoms with Crippen LogP contribution in [-0.4, -0.2) is 26.8 Å². The fourth-order valence-corrected chi connectivity index (χ4v) is 3.39. The molecule has 0 unspecified atom stereocenters. The number of pyridine rings is 1. The van der Waals surface area contributed by atoms with Crippen LogP contribution >= 0.6 is 11.8 Å². The van der Waals surface area contributed by atoms with E-state index >= 15 is 0 Å². The van der Waals surface area contributed by atoms with Gasteiger partial charge in [-0.3, -0.25) is 20.4 Å². The monoisotopic (exact) mass is 409 g/mol. The lowest BCUT2D eigenvalue weighted by Crippen LogP contribution is -2.30. The molecule has 0 saturated carbocycles. The predicted molar refractivity (Wildman–Crippen MR) is 111 cm³/mol. The lowest BCUT2D eigenvalue weighted by molar-refractivity contribution is 0.0957. The van der Waals surface area contributed by atoms with Crippen molar-refractivity contribution in [2.45, 2.75) is 17.7 Å². The summed E-state index contributed by atoms with van der Waals surface area (Å²) in [6, 6.07) is 12.0. The SMILES string of the molecule is Cc1cc(NNC(=O)c2cccnc2SCc2ccc(C(N)=O)cc2)nc(N)n1. The number of anilines is 2. The molecular weight excluding hydrogens is 390 g/mol. The summed E-state index contributed by atoms with van der Waals surface area (Å²) in [6.07, 6.45) is 1.62. The van der Waals surface area contributed by atoms with Crippen LogP contribution in [0.5, 0.6) is 0 Å². The maximum atomic E-state index is 12.6. The molecule has 0 atom stereocenters. The number of rotatable bonds is 7. The van der Waals surface area contributed by atoms with Crippen LogP contribution in [0.4, 0.5) is 11.8 Å². The quantitative estimate of drug-likeness (QED) is 0.341. The summed E-state index contributed by atoms with van der Waals surface area (Å²) in [5.41, 5.74) is 18.7. The topological polar surface area (TPSA) is 149 Å². The van der Waals surface area contributed by atoms with Gasteiger partial charge in [-0.2, -0.15) is 4.98 Å². The maximum absolute atomic E-state index is 12.6. The molecule has 0 saturated heterocycles. The molecule has 0 aliphatic rings. The molecule has 0 aliphatic heterocycles. The minimum Gasteiger partial charge on any atom is -0.368 e. The third-order valence-electron chi connectivity index (χ3n) is 3.81. The summed E-state index contributed by atoms with van der Waals surface area (Å²) in [5.74, 6) is 0.240. The molecule has 0 bridgehead atoms. The minimum atomic E-state index is -0.471. The van der Waals surface area contributed by atoms with Gasteiger partial charge in [0.05, 0.1) is 5.56 Å². The molecule has 0 radical (unpaired) electrons. The average Bonchev–Trinajstić information content (AvgIpc) is 2.70. The number of thioether (sulfide) groups is 1. The first-order chi connectivity index (χ1) is 13.9. The molecule has 0 aliphatic carbocycles. The fraction of sp³-hybridized carbons (Fsp3) is 0.105. The minimum absolute atomic E-state index is 0.113. The summed E-state index contributed by atoms with van der Waals surface area (Å²) in [7, 11) is 0. The van der Waals surface area contributed by atoms with Crippen LogP contribution in [0.1, 0.15) is 32.0 Å². The predicted octanol–water partition coefficient (Wildman–Crippen LogP) is 1.91. The number of nitrogen functional groups attached to an aromatic ring is 1. The molecule has 9 nitrogen and oxygen atoms in total. The van der Waals surface area contributed by atoms with Crippen LogP contribution in [-0.2, 0) is 5.75 Å². The summed E-state index contributed by atoms with van der Waals surface area (Å²) in [5, 5.41) is 0.573. The van der Waals surface area contributed by atoms with Gasteiger partial charge in [-0.05, 0) is 36.8 Å². The maximum Gasteiger partial charge on any atom is 0.272 e. The van der Waals surface area contributed by atoms with Gasteiger partial charge >= 0.3 is 0 Å². The molecule has 2 heterocycles. The molecule has 2 aromatic heterocycles. The van der Waals surface area contributed by atoms with E-state index in [4.69, 9.17) is 11.5 Å². The number of hydrogen-bond donors (Lipinski definition) is 4. The number of hydrogen-bond acceptors (Lipinski definition) is 8. The van der Waals surface area contributed by atoms with E-state index < -0.39 is 5.91 Å². The summed E-state index contributed by atoms with van der Waals surface area (Å²) >= 11 is 1.41. The first-order valence-electron chi connectivity index (χ1n) is 8.56. The molecule has 10 heteroatoms. The number of carbonyl (C=O) groups excluding carboxylic acids is 2. The molecule has 1 aromatic carbocycles. The number of hydrazine groups is 1.